The lowest BCUT2D eigenvalue weighted by Crippen LogP contribution is -2.57. The summed E-state index contributed by atoms with van der Waals surface area (Å²) in [6, 6.07) is 14.9. The van der Waals surface area contributed by atoms with Crippen LogP contribution in [0.3, 0.4) is 0 Å². The minimum atomic E-state index is -0.907. The van der Waals surface area contributed by atoms with E-state index in [-0.39, 0.29) is 47.5 Å². The molecule has 3 saturated heterocycles. The van der Waals surface area contributed by atoms with E-state index in [9.17, 15) is 19.5 Å². The van der Waals surface area contributed by atoms with Gasteiger partial charge in [0.1, 0.15) is 6.04 Å². The first-order valence-corrected chi connectivity index (χ1v) is 15.8. The summed E-state index contributed by atoms with van der Waals surface area (Å²) >= 11 is 11.9. The number of alkyl halides is 1. The van der Waals surface area contributed by atoms with Gasteiger partial charge in [-0.2, -0.15) is 0 Å². The number of hydrogen-bond acceptors (Lipinski definition) is 5. The number of hydrogen-bond donors (Lipinski definition) is 1. The molecule has 2 aromatic rings. The lowest BCUT2D eigenvalue weighted by atomic mass is 9.70. The highest BCUT2D eigenvalue weighted by Gasteiger charge is 2.76. The molecule has 0 aliphatic carbocycles. The minimum Gasteiger partial charge on any atom is -0.394 e. The van der Waals surface area contributed by atoms with Crippen molar-refractivity contribution in [1.82, 2.24) is 4.90 Å². The number of carbonyl (C=O) groups is 3. The number of aliphatic hydroxyl groups excluding tert-OH is 1. The SMILES string of the molecule is C=CCN(C(=O)[C@H]1[C@H]2C(=O)N([C@H](C)CO)C(C(=O)N(CC=C)c3ccccc3Cl)C23CC(Br)[C@@H]1S3)c1ccccc1. The fraction of sp³-hybridized carbons (Fsp3) is 0.387. The van der Waals surface area contributed by atoms with E-state index >= 15 is 0 Å². The fourth-order valence-electron chi connectivity index (χ4n) is 6.69. The second-order valence-electron chi connectivity index (χ2n) is 10.7. The van der Waals surface area contributed by atoms with Crippen LogP contribution in [0.5, 0.6) is 0 Å². The van der Waals surface area contributed by atoms with Gasteiger partial charge >= 0.3 is 0 Å². The Hall–Kier alpha value is -2.59. The van der Waals surface area contributed by atoms with Gasteiger partial charge in [-0.3, -0.25) is 14.4 Å². The standard InChI is InChI=1S/C31H33BrClN3O4S/c1-4-15-34(20-11-7-6-8-12-20)28(38)24-25-29(39)36(19(3)18-37)27(31(25)17-21(32)26(24)41-31)30(40)35(16-5-2)23-14-10-9-13-22(23)33/h4-14,19,21,24-27,37H,1-2,15-18H2,3H3/t19-,21?,24+,25+,26+,27?,31?/m1/s1. The summed E-state index contributed by atoms with van der Waals surface area (Å²) in [4.78, 5) is 48.1. The molecule has 1 N–H and O–H groups in total. The Morgan fingerprint density at radius 1 is 1.12 bits per heavy atom. The van der Waals surface area contributed by atoms with Gasteiger partial charge in [-0.25, -0.2) is 0 Å². The first-order valence-electron chi connectivity index (χ1n) is 13.6. The van der Waals surface area contributed by atoms with Crippen molar-refractivity contribution in [3.8, 4) is 0 Å². The van der Waals surface area contributed by atoms with Gasteiger partial charge in [-0.15, -0.1) is 24.9 Å². The molecule has 1 spiro atoms. The molecular weight excluding hydrogens is 626 g/mol. The van der Waals surface area contributed by atoms with Crippen LogP contribution in [0.15, 0.2) is 79.9 Å². The van der Waals surface area contributed by atoms with Crippen molar-refractivity contribution in [3.05, 3.63) is 84.9 Å². The highest BCUT2D eigenvalue weighted by atomic mass is 79.9. The molecule has 3 fully saturated rings. The van der Waals surface area contributed by atoms with Crippen LogP contribution in [0, 0.1) is 11.8 Å². The van der Waals surface area contributed by atoms with Gasteiger partial charge in [0.05, 0.1) is 39.9 Å². The van der Waals surface area contributed by atoms with Crippen LogP contribution in [0.4, 0.5) is 11.4 Å². The number of nitrogens with zero attached hydrogens (tertiary/aromatic N) is 3. The van der Waals surface area contributed by atoms with Gasteiger partial charge in [0.2, 0.25) is 11.8 Å². The maximum atomic E-state index is 14.6. The fourth-order valence-corrected chi connectivity index (χ4v) is 10.5. The second kappa shape index (κ2) is 12.0. The Morgan fingerprint density at radius 3 is 2.39 bits per heavy atom. The van der Waals surface area contributed by atoms with Crippen LogP contribution in [-0.2, 0) is 14.4 Å². The maximum Gasteiger partial charge on any atom is 0.251 e. The summed E-state index contributed by atoms with van der Waals surface area (Å²) in [5.74, 6) is -2.14. The van der Waals surface area contributed by atoms with Gasteiger partial charge in [-0.05, 0) is 37.6 Å². The zero-order valence-corrected chi connectivity index (χ0v) is 25.9. The van der Waals surface area contributed by atoms with Crippen molar-refractivity contribution < 1.29 is 19.5 Å². The largest absolute Gasteiger partial charge is 0.394 e. The minimum absolute atomic E-state index is 0.0836. The molecule has 3 amide bonds. The quantitative estimate of drug-likeness (QED) is 0.290. The Kier molecular flexibility index (Phi) is 8.71. The smallest absolute Gasteiger partial charge is 0.251 e. The molecule has 0 saturated carbocycles. The average molecular weight is 659 g/mol. The first kappa shape index (κ1) is 29.9. The monoisotopic (exact) mass is 657 g/mol. The number of likely N-dealkylation sites (tertiary alicyclic amines) is 1. The highest BCUT2D eigenvalue weighted by Crippen LogP contribution is 2.68. The highest BCUT2D eigenvalue weighted by molar-refractivity contribution is 9.09. The number of amides is 3. The number of fused-ring (bicyclic) bond motifs is 1. The third kappa shape index (κ3) is 4.84. The number of rotatable bonds is 10. The van der Waals surface area contributed by atoms with Crippen LogP contribution in [0.2, 0.25) is 5.02 Å². The third-order valence-corrected chi connectivity index (χ3v) is 11.9. The van der Waals surface area contributed by atoms with E-state index in [1.807, 2.05) is 30.3 Å². The van der Waals surface area contributed by atoms with Gasteiger partial charge < -0.3 is 19.8 Å². The molecule has 3 aliphatic rings. The average Bonchev–Trinajstić information content (AvgIpc) is 3.57. The molecule has 2 bridgehead atoms. The number of aliphatic hydroxyl groups is 1. The molecule has 7 nitrogen and oxygen atoms in total. The lowest BCUT2D eigenvalue weighted by molar-refractivity contribution is -0.141. The van der Waals surface area contributed by atoms with Gasteiger partial charge in [-0.1, -0.05) is 70.0 Å². The number of anilines is 2. The second-order valence-corrected chi connectivity index (χ2v) is 13.8. The van der Waals surface area contributed by atoms with Gasteiger partial charge in [0.15, 0.2) is 0 Å². The Bertz CT molecular complexity index is 1360. The molecule has 216 valence electrons. The molecule has 3 heterocycles. The molecule has 0 radical (unpaired) electrons. The van der Waals surface area contributed by atoms with Crippen molar-refractivity contribution in [3.63, 3.8) is 0 Å². The summed E-state index contributed by atoms with van der Waals surface area (Å²) in [6.45, 7) is 9.59. The van der Waals surface area contributed by atoms with Crippen LogP contribution in [-0.4, -0.2) is 74.3 Å². The summed E-state index contributed by atoms with van der Waals surface area (Å²) in [5.41, 5.74) is 1.24. The molecule has 41 heavy (non-hydrogen) atoms. The predicted molar refractivity (Wildman–Crippen MR) is 169 cm³/mol. The number of carbonyl (C=O) groups excluding carboxylic acids is 3. The molecule has 2 aromatic carbocycles. The van der Waals surface area contributed by atoms with Gasteiger partial charge in [0.25, 0.3) is 5.91 Å². The Balaban J connectivity index is 1.61. The molecule has 3 aliphatic heterocycles. The van der Waals surface area contributed by atoms with Crippen LogP contribution in [0.25, 0.3) is 0 Å². The van der Waals surface area contributed by atoms with Crippen molar-refractivity contribution in [1.29, 1.82) is 0 Å². The number of benzene rings is 2. The van der Waals surface area contributed by atoms with Crippen LogP contribution >= 0.6 is 39.3 Å². The molecule has 7 atom stereocenters. The summed E-state index contributed by atoms with van der Waals surface area (Å²) in [5, 5.41) is 10.4. The molecule has 3 unspecified atom stereocenters. The number of halogens is 2. The van der Waals surface area contributed by atoms with Crippen molar-refractivity contribution in [2.24, 2.45) is 11.8 Å². The van der Waals surface area contributed by atoms with E-state index in [4.69, 9.17) is 11.6 Å². The van der Waals surface area contributed by atoms with E-state index in [0.29, 0.717) is 17.1 Å². The molecular formula is C31H33BrClN3O4S. The van der Waals surface area contributed by atoms with E-state index in [1.54, 1.807) is 64.9 Å². The van der Waals surface area contributed by atoms with Crippen molar-refractivity contribution in [2.45, 2.75) is 40.3 Å². The zero-order valence-electron chi connectivity index (χ0n) is 22.7. The molecule has 10 heteroatoms. The zero-order chi connectivity index (χ0) is 29.5. The predicted octanol–water partition coefficient (Wildman–Crippen LogP) is 4.92. The van der Waals surface area contributed by atoms with Crippen LogP contribution < -0.4 is 9.80 Å². The third-order valence-electron chi connectivity index (χ3n) is 8.35. The summed E-state index contributed by atoms with van der Waals surface area (Å²) in [7, 11) is 0. The number of thioether (sulfide) groups is 1. The Labute approximate surface area is 258 Å². The molecule has 0 aromatic heterocycles. The summed E-state index contributed by atoms with van der Waals surface area (Å²) in [6.07, 6.45) is 3.83. The maximum absolute atomic E-state index is 14.6. The van der Waals surface area contributed by atoms with E-state index in [0.717, 1.165) is 5.69 Å². The Morgan fingerprint density at radius 2 is 1.76 bits per heavy atom. The van der Waals surface area contributed by atoms with Gasteiger partial charge in [0, 0.05) is 28.9 Å². The topological polar surface area (TPSA) is 81.2 Å². The van der Waals surface area contributed by atoms with Crippen molar-refractivity contribution >= 4 is 68.4 Å². The van der Waals surface area contributed by atoms with E-state index < -0.39 is 28.7 Å². The normalized spacial score (nSPS) is 28.7. The number of para-hydroxylation sites is 2. The molecule has 5 rings (SSSR count). The first-order chi connectivity index (χ1) is 19.7. The van der Waals surface area contributed by atoms with Crippen molar-refractivity contribution in [2.75, 3.05) is 29.5 Å². The van der Waals surface area contributed by atoms with Crippen LogP contribution in [0.1, 0.15) is 13.3 Å². The lowest BCUT2D eigenvalue weighted by Gasteiger charge is -2.39. The van der Waals surface area contributed by atoms with E-state index in [1.165, 1.54) is 4.90 Å². The summed E-state index contributed by atoms with van der Waals surface area (Å²) < 4.78 is -0.867. The van der Waals surface area contributed by atoms with E-state index in [2.05, 4.69) is 29.1 Å².